The molecular formula is C18H18N4OS. The van der Waals surface area contributed by atoms with Gasteiger partial charge in [0.05, 0.1) is 17.6 Å². The van der Waals surface area contributed by atoms with E-state index in [1.165, 1.54) is 36.9 Å². The summed E-state index contributed by atoms with van der Waals surface area (Å²) in [5.74, 6) is 2.79. The van der Waals surface area contributed by atoms with Crippen molar-refractivity contribution in [1.82, 2.24) is 19.7 Å². The third-order valence-corrected chi connectivity index (χ3v) is 5.45. The second-order valence-corrected chi connectivity index (χ2v) is 7.45. The van der Waals surface area contributed by atoms with Crippen LogP contribution in [0.3, 0.4) is 0 Å². The molecule has 0 aliphatic heterocycles. The van der Waals surface area contributed by atoms with Crippen LogP contribution in [-0.2, 0) is 5.75 Å². The lowest BCUT2D eigenvalue weighted by Crippen LogP contribution is -1.99. The minimum absolute atomic E-state index is 0.509. The quantitative estimate of drug-likeness (QED) is 0.622. The fourth-order valence-corrected chi connectivity index (χ4v) is 3.80. The van der Waals surface area contributed by atoms with Gasteiger partial charge in [0.15, 0.2) is 11.0 Å². The summed E-state index contributed by atoms with van der Waals surface area (Å²) in [4.78, 5) is 9.17. The van der Waals surface area contributed by atoms with E-state index in [0.717, 1.165) is 16.9 Å². The van der Waals surface area contributed by atoms with Gasteiger partial charge in [-0.15, -0.1) is 0 Å². The molecule has 2 aromatic heterocycles. The van der Waals surface area contributed by atoms with Gasteiger partial charge in [0.25, 0.3) is 0 Å². The van der Waals surface area contributed by atoms with E-state index in [9.17, 15) is 0 Å². The zero-order chi connectivity index (χ0) is 15.9. The number of rotatable bonds is 6. The molecule has 0 saturated heterocycles. The molecule has 2 aliphatic carbocycles. The number of hydrogen-bond acceptors (Lipinski definition) is 5. The number of imidazole rings is 1. The number of nitrogens with zero attached hydrogens (tertiary/aromatic N) is 4. The van der Waals surface area contributed by atoms with E-state index in [1.807, 2.05) is 12.3 Å². The number of benzene rings is 1. The first-order chi connectivity index (χ1) is 11.9. The number of thioether (sulfide) groups is 1. The van der Waals surface area contributed by atoms with Crippen molar-refractivity contribution < 1.29 is 4.52 Å². The van der Waals surface area contributed by atoms with Gasteiger partial charge in [0, 0.05) is 12.0 Å². The van der Waals surface area contributed by atoms with E-state index in [-0.39, 0.29) is 0 Å². The zero-order valence-corrected chi connectivity index (χ0v) is 14.1. The van der Waals surface area contributed by atoms with Crippen molar-refractivity contribution in [3.05, 3.63) is 48.2 Å². The Morgan fingerprint density at radius 2 is 1.96 bits per heavy atom. The van der Waals surface area contributed by atoms with Gasteiger partial charge in [-0.05, 0) is 31.2 Å². The van der Waals surface area contributed by atoms with Crippen LogP contribution in [0.5, 0.6) is 0 Å². The average Bonchev–Trinajstić information content (AvgIpc) is 3.56. The van der Waals surface area contributed by atoms with Gasteiger partial charge < -0.3 is 9.09 Å². The van der Waals surface area contributed by atoms with Crippen LogP contribution in [0.1, 0.15) is 49.4 Å². The van der Waals surface area contributed by atoms with Crippen LogP contribution in [0.25, 0.3) is 11.3 Å². The molecule has 2 fully saturated rings. The summed E-state index contributed by atoms with van der Waals surface area (Å²) in [6, 6.07) is 11.1. The SMILES string of the molecule is c1ccc(-c2cnc(SCc3noc(C4CC4)n3)n2C2CC2)cc1. The van der Waals surface area contributed by atoms with Crippen LogP contribution in [0.2, 0.25) is 0 Å². The van der Waals surface area contributed by atoms with Crippen LogP contribution < -0.4 is 0 Å². The van der Waals surface area contributed by atoms with Crippen molar-refractivity contribution in [3.63, 3.8) is 0 Å². The Morgan fingerprint density at radius 1 is 1.12 bits per heavy atom. The van der Waals surface area contributed by atoms with Gasteiger partial charge in [-0.25, -0.2) is 4.98 Å². The molecule has 1 aromatic carbocycles. The lowest BCUT2D eigenvalue weighted by molar-refractivity contribution is 0.375. The van der Waals surface area contributed by atoms with Crippen LogP contribution in [0.15, 0.2) is 46.2 Å². The maximum absolute atomic E-state index is 5.34. The molecule has 122 valence electrons. The summed E-state index contributed by atoms with van der Waals surface area (Å²) in [5.41, 5.74) is 2.42. The molecule has 6 heteroatoms. The lowest BCUT2D eigenvalue weighted by Gasteiger charge is -2.10. The predicted molar refractivity (Wildman–Crippen MR) is 91.8 cm³/mol. The molecule has 5 rings (SSSR count). The molecule has 0 bridgehead atoms. The van der Waals surface area contributed by atoms with Crippen molar-refractivity contribution in [2.24, 2.45) is 0 Å². The summed E-state index contributed by atoms with van der Waals surface area (Å²) in [5, 5.41) is 5.15. The van der Waals surface area contributed by atoms with Crippen LogP contribution in [-0.4, -0.2) is 19.7 Å². The smallest absolute Gasteiger partial charge is 0.229 e. The highest BCUT2D eigenvalue weighted by molar-refractivity contribution is 7.98. The van der Waals surface area contributed by atoms with Crippen molar-refractivity contribution in [3.8, 4) is 11.3 Å². The van der Waals surface area contributed by atoms with E-state index >= 15 is 0 Å². The average molecular weight is 338 g/mol. The third kappa shape index (κ3) is 2.75. The Kier molecular flexibility index (Phi) is 3.43. The van der Waals surface area contributed by atoms with Gasteiger partial charge >= 0.3 is 0 Å². The molecule has 0 N–H and O–H groups in total. The first kappa shape index (κ1) is 14.3. The fourth-order valence-electron chi connectivity index (χ4n) is 2.91. The van der Waals surface area contributed by atoms with Crippen molar-refractivity contribution in [2.75, 3.05) is 0 Å². The maximum atomic E-state index is 5.34. The normalized spacial score (nSPS) is 17.3. The molecule has 5 nitrogen and oxygen atoms in total. The van der Waals surface area contributed by atoms with Gasteiger partial charge in [-0.1, -0.05) is 47.3 Å². The highest BCUT2D eigenvalue weighted by Gasteiger charge is 2.31. The molecule has 2 aliphatic rings. The first-order valence-electron chi connectivity index (χ1n) is 8.46. The fraction of sp³-hybridized carbons (Fsp3) is 0.389. The highest BCUT2D eigenvalue weighted by Crippen LogP contribution is 2.42. The molecule has 2 saturated carbocycles. The molecular weight excluding hydrogens is 320 g/mol. The summed E-state index contributed by atoms with van der Waals surface area (Å²) >= 11 is 1.70. The molecule has 0 atom stereocenters. The summed E-state index contributed by atoms with van der Waals surface area (Å²) in [6.07, 6.45) is 6.82. The van der Waals surface area contributed by atoms with Crippen LogP contribution >= 0.6 is 11.8 Å². The molecule has 0 unspecified atom stereocenters. The Balaban J connectivity index is 1.38. The monoisotopic (exact) mass is 338 g/mol. The van der Waals surface area contributed by atoms with Crippen molar-refractivity contribution in [2.45, 2.75) is 48.6 Å². The van der Waals surface area contributed by atoms with Crippen LogP contribution in [0, 0.1) is 0 Å². The summed E-state index contributed by atoms with van der Waals surface area (Å²) in [7, 11) is 0. The first-order valence-corrected chi connectivity index (χ1v) is 9.45. The Morgan fingerprint density at radius 3 is 2.71 bits per heavy atom. The van der Waals surface area contributed by atoms with Crippen LogP contribution in [0.4, 0.5) is 0 Å². The van der Waals surface area contributed by atoms with Crippen molar-refractivity contribution >= 4 is 11.8 Å². The van der Waals surface area contributed by atoms with Gasteiger partial charge in [0.2, 0.25) is 5.89 Å². The van der Waals surface area contributed by atoms with E-state index in [0.29, 0.717) is 17.7 Å². The molecule has 0 spiro atoms. The predicted octanol–water partition coefficient (Wildman–Crippen LogP) is 4.44. The number of hydrogen-bond donors (Lipinski definition) is 0. The Bertz CT molecular complexity index is 849. The lowest BCUT2D eigenvalue weighted by atomic mass is 10.2. The second kappa shape index (κ2) is 5.77. The number of aromatic nitrogens is 4. The Labute approximate surface area is 144 Å². The molecule has 24 heavy (non-hydrogen) atoms. The largest absolute Gasteiger partial charge is 0.339 e. The van der Waals surface area contributed by atoms with E-state index in [4.69, 9.17) is 4.52 Å². The standard InChI is InChI=1S/C18H18N4OS/c1-2-4-12(5-3-1)15-10-19-18(22(15)14-8-9-14)24-11-16-20-17(23-21-16)13-6-7-13/h1-5,10,13-14H,6-9,11H2. The third-order valence-electron chi connectivity index (χ3n) is 4.49. The molecule has 2 heterocycles. The van der Waals surface area contributed by atoms with Gasteiger partial charge in [-0.3, -0.25) is 0 Å². The topological polar surface area (TPSA) is 56.7 Å². The van der Waals surface area contributed by atoms with Crippen molar-refractivity contribution in [1.29, 1.82) is 0 Å². The van der Waals surface area contributed by atoms with E-state index < -0.39 is 0 Å². The van der Waals surface area contributed by atoms with E-state index in [1.54, 1.807) is 11.8 Å². The maximum Gasteiger partial charge on any atom is 0.229 e. The van der Waals surface area contributed by atoms with E-state index in [2.05, 4.69) is 44.0 Å². The Hall–Kier alpha value is -2.08. The molecule has 3 aromatic rings. The van der Waals surface area contributed by atoms with Gasteiger partial charge in [-0.2, -0.15) is 4.98 Å². The molecule has 0 radical (unpaired) electrons. The minimum atomic E-state index is 0.509. The highest BCUT2D eigenvalue weighted by atomic mass is 32.2. The van der Waals surface area contributed by atoms with Gasteiger partial charge in [0.1, 0.15) is 0 Å². The molecule has 0 amide bonds. The second-order valence-electron chi connectivity index (χ2n) is 6.51. The zero-order valence-electron chi connectivity index (χ0n) is 13.3. The summed E-state index contributed by atoms with van der Waals surface area (Å²) < 4.78 is 7.72. The minimum Gasteiger partial charge on any atom is -0.339 e. The summed E-state index contributed by atoms with van der Waals surface area (Å²) in [6.45, 7) is 0.